The molecule has 5 nitrogen and oxygen atoms in total. The Balaban J connectivity index is 1.58. The Morgan fingerprint density at radius 2 is 1.59 bits per heavy atom. The molecule has 0 saturated carbocycles. The number of hydrogen-bond acceptors (Lipinski definition) is 3. The van der Waals surface area contributed by atoms with Crippen molar-refractivity contribution in [1.29, 1.82) is 0 Å². The van der Waals surface area contributed by atoms with E-state index in [4.69, 9.17) is 0 Å². The van der Waals surface area contributed by atoms with Crippen LogP contribution in [0.4, 0.5) is 14.5 Å². The molecule has 1 aliphatic rings. The van der Waals surface area contributed by atoms with Crippen LogP contribution in [0.1, 0.15) is 36.6 Å². The molecule has 0 saturated heterocycles. The molecule has 3 aromatic rings. The molecule has 0 spiro atoms. The quantitative estimate of drug-likeness (QED) is 0.682. The molecule has 1 N–H and O–H groups in total. The number of amides is 3. The van der Waals surface area contributed by atoms with Gasteiger partial charge in [0, 0.05) is 5.56 Å². The number of carbonyl (C=O) groups is 3. The van der Waals surface area contributed by atoms with Gasteiger partial charge in [-0.05, 0) is 35.9 Å². The van der Waals surface area contributed by atoms with Crippen molar-refractivity contribution in [2.45, 2.75) is 6.54 Å². The fraction of sp³-hybridized carbons (Fsp3) is 0.0455. The Labute approximate surface area is 164 Å². The van der Waals surface area contributed by atoms with E-state index in [-0.39, 0.29) is 28.9 Å². The number of benzene rings is 3. The topological polar surface area (TPSA) is 66.5 Å². The Morgan fingerprint density at radius 3 is 2.34 bits per heavy atom. The van der Waals surface area contributed by atoms with Crippen LogP contribution in [0.2, 0.25) is 0 Å². The third-order valence-electron chi connectivity index (χ3n) is 4.62. The SMILES string of the molecule is O=C(Nc1cccc(F)c1F)c1ccc2c(c1)C(=O)N(Cc1ccccc1)C2=O. The van der Waals surface area contributed by atoms with E-state index < -0.39 is 29.4 Å². The molecular formula is C22H14F2N2O3. The van der Waals surface area contributed by atoms with Crippen molar-refractivity contribution in [3.63, 3.8) is 0 Å². The van der Waals surface area contributed by atoms with Gasteiger partial charge in [-0.1, -0.05) is 36.4 Å². The van der Waals surface area contributed by atoms with Crippen molar-refractivity contribution in [1.82, 2.24) is 4.90 Å². The average molecular weight is 392 g/mol. The van der Waals surface area contributed by atoms with Crippen LogP contribution in [0, 0.1) is 11.6 Å². The summed E-state index contributed by atoms with van der Waals surface area (Å²) in [5.41, 5.74) is 0.818. The highest BCUT2D eigenvalue weighted by molar-refractivity contribution is 6.22. The summed E-state index contributed by atoms with van der Waals surface area (Å²) < 4.78 is 27.1. The van der Waals surface area contributed by atoms with E-state index in [1.807, 2.05) is 18.2 Å². The van der Waals surface area contributed by atoms with Crippen molar-refractivity contribution in [3.05, 3.63) is 101 Å². The molecule has 0 radical (unpaired) electrons. The van der Waals surface area contributed by atoms with Crippen LogP contribution in [-0.4, -0.2) is 22.6 Å². The molecule has 0 aliphatic carbocycles. The highest BCUT2D eigenvalue weighted by Gasteiger charge is 2.36. The van der Waals surface area contributed by atoms with Gasteiger partial charge in [0.15, 0.2) is 11.6 Å². The zero-order valence-electron chi connectivity index (χ0n) is 15.0. The Hall–Kier alpha value is -3.87. The smallest absolute Gasteiger partial charge is 0.261 e. The lowest BCUT2D eigenvalue weighted by Crippen LogP contribution is -2.29. The van der Waals surface area contributed by atoms with Gasteiger partial charge in [0.2, 0.25) is 0 Å². The first-order chi connectivity index (χ1) is 14.0. The minimum absolute atomic E-state index is 0.0510. The number of rotatable bonds is 4. The van der Waals surface area contributed by atoms with Gasteiger partial charge in [0.25, 0.3) is 17.7 Å². The number of imide groups is 1. The zero-order chi connectivity index (χ0) is 20.5. The molecule has 29 heavy (non-hydrogen) atoms. The van der Waals surface area contributed by atoms with E-state index in [2.05, 4.69) is 5.32 Å². The molecule has 1 heterocycles. The fourth-order valence-corrected chi connectivity index (χ4v) is 3.14. The maximum atomic E-state index is 13.8. The van der Waals surface area contributed by atoms with Gasteiger partial charge in [-0.3, -0.25) is 19.3 Å². The molecule has 3 aromatic carbocycles. The van der Waals surface area contributed by atoms with Gasteiger partial charge in [-0.15, -0.1) is 0 Å². The molecule has 144 valence electrons. The molecule has 0 aromatic heterocycles. The molecule has 7 heteroatoms. The summed E-state index contributed by atoms with van der Waals surface area (Å²) >= 11 is 0. The van der Waals surface area contributed by atoms with Crippen molar-refractivity contribution >= 4 is 23.4 Å². The van der Waals surface area contributed by atoms with Crippen LogP contribution in [0.15, 0.2) is 66.7 Å². The van der Waals surface area contributed by atoms with Crippen LogP contribution in [-0.2, 0) is 6.54 Å². The maximum absolute atomic E-state index is 13.8. The fourth-order valence-electron chi connectivity index (χ4n) is 3.14. The summed E-state index contributed by atoms with van der Waals surface area (Å²) in [5.74, 6) is -3.95. The number of hydrogen-bond donors (Lipinski definition) is 1. The number of nitrogens with one attached hydrogen (secondary N) is 1. The average Bonchev–Trinajstić information content (AvgIpc) is 2.96. The number of carbonyl (C=O) groups excluding carboxylic acids is 3. The molecule has 3 amide bonds. The van der Waals surface area contributed by atoms with Crippen LogP contribution in [0.5, 0.6) is 0 Å². The van der Waals surface area contributed by atoms with Crippen LogP contribution in [0.3, 0.4) is 0 Å². The van der Waals surface area contributed by atoms with Gasteiger partial charge in [-0.25, -0.2) is 8.78 Å². The molecule has 0 fully saturated rings. The number of nitrogens with zero attached hydrogens (tertiary/aromatic N) is 1. The highest BCUT2D eigenvalue weighted by Crippen LogP contribution is 2.26. The molecular weight excluding hydrogens is 378 g/mol. The first-order valence-electron chi connectivity index (χ1n) is 8.75. The predicted molar refractivity (Wildman–Crippen MR) is 101 cm³/mol. The lowest BCUT2D eigenvalue weighted by molar-refractivity contribution is 0.0642. The van der Waals surface area contributed by atoms with Gasteiger partial charge in [0.05, 0.1) is 23.4 Å². The second-order valence-electron chi connectivity index (χ2n) is 6.50. The van der Waals surface area contributed by atoms with Crippen molar-refractivity contribution in [3.8, 4) is 0 Å². The zero-order valence-corrected chi connectivity index (χ0v) is 15.0. The maximum Gasteiger partial charge on any atom is 0.261 e. The number of fused-ring (bicyclic) bond motifs is 1. The lowest BCUT2D eigenvalue weighted by Gasteiger charge is -2.13. The van der Waals surface area contributed by atoms with Gasteiger partial charge >= 0.3 is 0 Å². The van der Waals surface area contributed by atoms with E-state index in [1.165, 1.54) is 30.3 Å². The molecule has 0 atom stereocenters. The highest BCUT2D eigenvalue weighted by atomic mass is 19.2. The van der Waals surface area contributed by atoms with E-state index in [0.29, 0.717) is 0 Å². The summed E-state index contributed by atoms with van der Waals surface area (Å²) in [6, 6.07) is 16.5. The van der Waals surface area contributed by atoms with Crippen LogP contribution < -0.4 is 5.32 Å². The first-order valence-corrected chi connectivity index (χ1v) is 8.75. The standard InChI is InChI=1S/C22H14F2N2O3/c23-17-7-4-8-18(19(17)24)25-20(27)14-9-10-15-16(11-14)22(29)26(21(15)28)12-13-5-2-1-3-6-13/h1-11H,12H2,(H,25,27). The Morgan fingerprint density at radius 1 is 0.862 bits per heavy atom. The number of halogens is 2. The lowest BCUT2D eigenvalue weighted by atomic mass is 10.1. The second kappa shape index (κ2) is 7.27. The van der Waals surface area contributed by atoms with Crippen molar-refractivity contribution < 1.29 is 23.2 Å². The van der Waals surface area contributed by atoms with Gasteiger partial charge in [0.1, 0.15) is 0 Å². The minimum atomic E-state index is -1.18. The summed E-state index contributed by atoms with van der Waals surface area (Å²) in [5, 5.41) is 2.27. The molecule has 4 rings (SSSR count). The van der Waals surface area contributed by atoms with E-state index in [1.54, 1.807) is 12.1 Å². The van der Waals surface area contributed by atoms with Gasteiger partial charge < -0.3 is 5.32 Å². The number of anilines is 1. The van der Waals surface area contributed by atoms with E-state index in [0.717, 1.165) is 16.5 Å². The summed E-state index contributed by atoms with van der Waals surface area (Å²) in [7, 11) is 0. The third-order valence-corrected chi connectivity index (χ3v) is 4.62. The molecule has 0 bridgehead atoms. The molecule has 1 aliphatic heterocycles. The Kier molecular flexibility index (Phi) is 4.64. The van der Waals surface area contributed by atoms with Gasteiger partial charge in [-0.2, -0.15) is 0 Å². The predicted octanol–water partition coefficient (Wildman–Crippen LogP) is 4.01. The summed E-state index contributed by atoms with van der Waals surface area (Å²) in [6.45, 7) is 0.114. The Bertz CT molecular complexity index is 1150. The normalized spacial score (nSPS) is 12.8. The van der Waals surface area contributed by atoms with E-state index in [9.17, 15) is 23.2 Å². The van der Waals surface area contributed by atoms with Crippen molar-refractivity contribution in [2.75, 3.05) is 5.32 Å². The minimum Gasteiger partial charge on any atom is -0.319 e. The second-order valence-corrected chi connectivity index (χ2v) is 6.50. The largest absolute Gasteiger partial charge is 0.319 e. The summed E-state index contributed by atoms with van der Waals surface area (Å²) in [6.07, 6.45) is 0. The third kappa shape index (κ3) is 3.38. The van der Waals surface area contributed by atoms with Crippen molar-refractivity contribution in [2.24, 2.45) is 0 Å². The molecule has 0 unspecified atom stereocenters. The van der Waals surface area contributed by atoms with Crippen LogP contribution >= 0.6 is 0 Å². The first kappa shape index (κ1) is 18.5. The monoisotopic (exact) mass is 392 g/mol. The van der Waals surface area contributed by atoms with E-state index >= 15 is 0 Å². The van der Waals surface area contributed by atoms with Crippen LogP contribution in [0.25, 0.3) is 0 Å². The summed E-state index contributed by atoms with van der Waals surface area (Å²) in [4.78, 5) is 38.8.